The number of terminal acetylenes is 2. The Morgan fingerprint density at radius 1 is 1.15 bits per heavy atom. The van der Waals surface area contributed by atoms with Crippen molar-refractivity contribution in [1.82, 2.24) is 0 Å². The van der Waals surface area contributed by atoms with Crippen molar-refractivity contribution in [3.05, 3.63) is 35.9 Å². The molecule has 0 aliphatic heterocycles. The first kappa shape index (κ1) is 9.60. The summed E-state index contributed by atoms with van der Waals surface area (Å²) in [6.07, 6.45) is 10.7. The zero-order valence-electron chi connectivity index (χ0n) is 7.45. The van der Waals surface area contributed by atoms with E-state index in [1.807, 2.05) is 30.3 Å². The molecule has 0 fully saturated rings. The van der Waals surface area contributed by atoms with Crippen molar-refractivity contribution in [2.75, 3.05) is 0 Å². The van der Waals surface area contributed by atoms with E-state index in [9.17, 15) is 0 Å². The number of rotatable bonds is 2. The lowest BCUT2D eigenvalue weighted by Crippen LogP contribution is -2.24. The van der Waals surface area contributed by atoms with E-state index in [0.717, 1.165) is 5.56 Å². The maximum absolute atomic E-state index is 5.37. The van der Waals surface area contributed by atoms with E-state index in [1.165, 1.54) is 0 Å². The lowest BCUT2D eigenvalue weighted by atomic mass is 9.96. The molecular formula is C11H10OSi. The third-order valence-corrected chi connectivity index (χ3v) is 2.51. The van der Waals surface area contributed by atoms with E-state index in [4.69, 9.17) is 17.3 Å². The van der Waals surface area contributed by atoms with Crippen LogP contribution in [-0.2, 0) is 10.0 Å². The molecule has 2 heteroatoms. The van der Waals surface area contributed by atoms with E-state index < -0.39 is 5.60 Å². The second-order valence-corrected chi connectivity index (χ2v) is 2.95. The maximum atomic E-state index is 5.37. The van der Waals surface area contributed by atoms with Crippen LogP contribution >= 0.6 is 0 Å². The quantitative estimate of drug-likeness (QED) is 0.481. The van der Waals surface area contributed by atoms with Gasteiger partial charge in [0.05, 0.1) is 0 Å². The van der Waals surface area contributed by atoms with Crippen molar-refractivity contribution in [1.29, 1.82) is 0 Å². The molecule has 0 saturated carbocycles. The summed E-state index contributed by atoms with van der Waals surface area (Å²) < 4.78 is 5.29. The lowest BCUT2D eigenvalue weighted by Gasteiger charge is -2.21. The van der Waals surface area contributed by atoms with Crippen LogP contribution in [0.15, 0.2) is 30.3 Å². The number of hydrogen-bond acceptors (Lipinski definition) is 1. The van der Waals surface area contributed by atoms with Crippen molar-refractivity contribution >= 4 is 10.5 Å². The highest BCUT2D eigenvalue weighted by Crippen LogP contribution is 2.22. The summed E-state index contributed by atoms with van der Waals surface area (Å²) in [5.41, 5.74) is -0.122. The number of benzene rings is 1. The van der Waals surface area contributed by atoms with Gasteiger partial charge in [0.25, 0.3) is 0 Å². The largest absolute Gasteiger partial charge is 0.400 e. The first-order valence-electron chi connectivity index (χ1n) is 3.85. The Hall–Kier alpha value is -1.48. The fourth-order valence-electron chi connectivity index (χ4n) is 1.12. The van der Waals surface area contributed by atoms with Crippen molar-refractivity contribution < 1.29 is 4.43 Å². The second kappa shape index (κ2) is 3.96. The highest BCUT2D eigenvalue weighted by molar-refractivity contribution is 5.98. The SMILES string of the molecule is C#CC(C#C)(O[SiH3])c1ccccc1. The van der Waals surface area contributed by atoms with Gasteiger partial charge in [-0.15, -0.1) is 12.8 Å². The first-order chi connectivity index (χ1) is 6.29. The molecule has 0 aliphatic rings. The van der Waals surface area contributed by atoms with Crippen LogP contribution in [0.5, 0.6) is 0 Å². The van der Waals surface area contributed by atoms with E-state index in [-0.39, 0.29) is 0 Å². The second-order valence-electron chi connectivity index (χ2n) is 2.54. The molecule has 0 aliphatic carbocycles. The molecular weight excluding hydrogens is 176 g/mol. The molecule has 0 atom stereocenters. The molecule has 0 radical (unpaired) electrons. The lowest BCUT2D eigenvalue weighted by molar-refractivity contribution is 0.216. The third kappa shape index (κ3) is 1.65. The molecule has 0 unspecified atom stereocenters. The van der Waals surface area contributed by atoms with Crippen molar-refractivity contribution in [3.8, 4) is 24.7 Å². The van der Waals surface area contributed by atoms with Crippen LogP contribution in [0.4, 0.5) is 0 Å². The molecule has 0 amide bonds. The van der Waals surface area contributed by atoms with E-state index in [1.54, 1.807) is 0 Å². The summed E-state index contributed by atoms with van der Waals surface area (Å²) in [5, 5.41) is 0. The monoisotopic (exact) mass is 186 g/mol. The van der Waals surface area contributed by atoms with Gasteiger partial charge in [-0.2, -0.15) is 0 Å². The number of hydrogen-bond donors (Lipinski definition) is 0. The first-order valence-corrected chi connectivity index (χ1v) is 4.67. The highest BCUT2D eigenvalue weighted by Gasteiger charge is 2.25. The molecule has 0 saturated heterocycles. The van der Waals surface area contributed by atoms with Crippen LogP contribution in [0.3, 0.4) is 0 Å². The zero-order valence-corrected chi connectivity index (χ0v) is 9.45. The Bertz CT molecular complexity index is 342. The minimum absolute atomic E-state index is 0.515. The summed E-state index contributed by atoms with van der Waals surface area (Å²) >= 11 is 0. The summed E-state index contributed by atoms with van der Waals surface area (Å²) in [4.78, 5) is 0. The zero-order chi connectivity index (χ0) is 9.73. The Morgan fingerprint density at radius 2 is 1.69 bits per heavy atom. The van der Waals surface area contributed by atoms with Gasteiger partial charge in [0, 0.05) is 5.56 Å². The van der Waals surface area contributed by atoms with Crippen LogP contribution < -0.4 is 0 Å². The average Bonchev–Trinajstić information content (AvgIpc) is 2.23. The van der Waals surface area contributed by atoms with Gasteiger partial charge in [-0.05, 0) is 0 Å². The highest BCUT2D eigenvalue weighted by atomic mass is 28.2. The van der Waals surface area contributed by atoms with Crippen LogP contribution in [0.25, 0.3) is 0 Å². The normalized spacial score (nSPS) is 10.3. The fourth-order valence-corrected chi connectivity index (χ4v) is 1.59. The molecule has 64 valence electrons. The van der Waals surface area contributed by atoms with Crippen molar-refractivity contribution in [3.63, 3.8) is 0 Å². The van der Waals surface area contributed by atoms with E-state index in [0.29, 0.717) is 10.5 Å². The third-order valence-electron chi connectivity index (χ3n) is 1.89. The van der Waals surface area contributed by atoms with E-state index >= 15 is 0 Å². The summed E-state index contributed by atoms with van der Waals surface area (Å²) in [6, 6.07) is 9.43. The predicted octanol–water partition coefficient (Wildman–Crippen LogP) is 0.445. The molecule has 1 aromatic carbocycles. The molecule has 1 aromatic rings. The van der Waals surface area contributed by atoms with Crippen LogP contribution in [0, 0.1) is 24.7 Å². The van der Waals surface area contributed by atoms with Crippen LogP contribution in [-0.4, -0.2) is 10.5 Å². The predicted molar refractivity (Wildman–Crippen MR) is 56.8 cm³/mol. The summed E-state index contributed by atoms with van der Waals surface area (Å²) in [6.45, 7) is 0. The van der Waals surface area contributed by atoms with Gasteiger partial charge < -0.3 is 4.43 Å². The maximum Gasteiger partial charge on any atom is 0.206 e. The van der Waals surface area contributed by atoms with Gasteiger partial charge >= 0.3 is 0 Å². The summed E-state index contributed by atoms with van der Waals surface area (Å²) in [7, 11) is 0.515. The summed E-state index contributed by atoms with van der Waals surface area (Å²) in [5.74, 6) is 5.02. The van der Waals surface area contributed by atoms with Crippen LogP contribution in [0.2, 0.25) is 0 Å². The Morgan fingerprint density at radius 3 is 2.08 bits per heavy atom. The molecule has 0 bridgehead atoms. The standard InChI is InChI=1S/C11H10OSi/c1-3-11(4-2,12-13)10-8-6-5-7-9-10/h1-2,5-9H,13H3. The molecule has 0 heterocycles. The van der Waals surface area contributed by atoms with Gasteiger partial charge in [-0.25, -0.2) is 0 Å². The smallest absolute Gasteiger partial charge is 0.206 e. The van der Waals surface area contributed by atoms with E-state index in [2.05, 4.69) is 11.8 Å². The van der Waals surface area contributed by atoms with Gasteiger partial charge in [-0.3, -0.25) is 0 Å². The Kier molecular flexibility index (Phi) is 2.92. The molecule has 1 rings (SSSR count). The molecule has 13 heavy (non-hydrogen) atoms. The van der Waals surface area contributed by atoms with Gasteiger partial charge in [0.1, 0.15) is 10.5 Å². The Balaban J connectivity index is 3.21. The van der Waals surface area contributed by atoms with Gasteiger partial charge in [0.15, 0.2) is 0 Å². The molecule has 0 spiro atoms. The topological polar surface area (TPSA) is 9.23 Å². The fraction of sp³-hybridized carbons (Fsp3) is 0.0909. The molecule has 0 aromatic heterocycles. The minimum atomic E-state index is -0.965. The van der Waals surface area contributed by atoms with Crippen molar-refractivity contribution in [2.45, 2.75) is 5.60 Å². The van der Waals surface area contributed by atoms with Crippen molar-refractivity contribution in [2.24, 2.45) is 0 Å². The van der Waals surface area contributed by atoms with Gasteiger partial charge in [0.2, 0.25) is 5.60 Å². The molecule has 1 nitrogen and oxygen atoms in total. The Labute approximate surface area is 81.7 Å². The van der Waals surface area contributed by atoms with Crippen LogP contribution in [0.1, 0.15) is 5.56 Å². The minimum Gasteiger partial charge on any atom is -0.400 e. The van der Waals surface area contributed by atoms with Gasteiger partial charge in [-0.1, -0.05) is 42.2 Å². The average molecular weight is 186 g/mol. The molecule has 0 N–H and O–H groups in total.